The maximum atomic E-state index is 4.37. The van der Waals surface area contributed by atoms with E-state index in [9.17, 15) is 0 Å². The van der Waals surface area contributed by atoms with Gasteiger partial charge in [0, 0.05) is 18.9 Å². The minimum absolute atomic E-state index is 0.580. The second-order valence-electron chi connectivity index (χ2n) is 6.01. The largest absolute Gasteiger partial charge is 0.315 e. The molecule has 1 aliphatic carbocycles. The highest BCUT2D eigenvalue weighted by molar-refractivity contribution is 7.11. The molecule has 4 heteroatoms. The lowest BCUT2D eigenvalue weighted by molar-refractivity contribution is 0.356. The predicted molar refractivity (Wildman–Crippen MR) is 81.6 cm³/mol. The zero-order chi connectivity index (χ0) is 13.5. The van der Waals surface area contributed by atoms with Gasteiger partial charge in [-0.3, -0.25) is 0 Å². The molecule has 0 bridgehead atoms. The van der Waals surface area contributed by atoms with Gasteiger partial charge < -0.3 is 5.32 Å². The molecule has 3 nitrogen and oxygen atoms in total. The smallest absolute Gasteiger partial charge is 0.117 e. The molecule has 0 atom stereocenters. The summed E-state index contributed by atoms with van der Waals surface area (Å²) in [4.78, 5) is 0. The van der Waals surface area contributed by atoms with Gasteiger partial charge in [-0.05, 0) is 18.9 Å². The fourth-order valence-corrected chi connectivity index (χ4v) is 3.74. The van der Waals surface area contributed by atoms with Crippen molar-refractivity contribution >= 4 is 11.3 Å². The number of nitrogens with one attached hydrogen (secondary N) is 1. The topological polar surface area (TPSA) is 37.8 Å². The molecule has 0 aromatic carbocycles. The molecule has 0 aliphatic heterocycles. The number of aromatic nitrogens is 2. The standard InChI is InChI=1S/C15H27N3S/c1-12(2)16-10-6-9-14-17-18-15(19-14)11-13-7-4-3-5-8-13/h12-13,16H,3-11H2,1-2H3. The fraction of sp³-hybridized carbons (Fsp3) is 0.867. The monoisotopic (exact) mass is 281 g/mol. The van der Waals surface area contributed by atoms with E-state index in [2.05, 4.69) is 29.4 Å². The van der Waals surface area contributed by atoms with Crippen molar-refractivity contribution in [3.63, 3.8) is 0 Å². The fourth-order valence-electron chi connectivity index (χ4n) is 2.74. The van der Waals surface area contributed by atoms with E-state index < -0.39 is 0 Å². The van der Waals surface area contributed by atoms with E-state index in [0.29, 0.717) is 6.04 Å². The van der Waals surface area contributed by atoms with Crippen molar-refractivity contribution in [3.8, 4) is 0 Å². The molecule has 1 fully saturated rings. The molecule has 108 valence electrons. The average molecular weight is 281 g/mol. The molecule has 1 aliphatic rings. The van der Waals surface area contributed by atoms with Gasteiger partial charge in [-0.25, -0.2) is 0 Å². The second kappa shape index (κ2) is 7.95. The Morgan fingerprint density at radius 3 is 2.63 bits per heavy atom. The van der Waals surface area contributed by atoms with Crippen LogP contribution in [0.25, 0.3) is 0 Å². The van der Waals surface area contributed by atoms with Gasteiger partial charge >= 0.3 is 0 Å². The molecule has 0 saturated heterocycles. The Morgan fingerprint density at radius 2 is 1.89 bits per heavy atom. The first-order valence-corrected chi connectivity index (χ1v) is 8.60. The number of nitrogens with zero attached hydrogens (tertiary/aromatic N) is 2. The van der Waals surface area contributed by atoms with Crippen LogP contribution in [0, 0.1) is 5.92 Å². The van der Waals surface area contributed by atoms with Gasteiger partial charge in [0.15, 0.2) is 0 Å². The highest BCUT2D eigenvalue weighted by atomic mass is 32.1. The summed E-state index contributed by atoms with van der Waals surface area (Å²) in [5.74, 6) is 0.872. The first kappa shape index (κ1) is 14.9. The van der Waals surface area contributed by atoms with Crippen LogP contribution in [0.1, 0.15) is 62.4 Å². The first-order valence-electron chi connectivity index (χ1n) is 7.78. The molecular formula is C15H27N3S. The van der Waals surface area contributed by atoms with Crippen molar-refractivity contribution in [1.82, 2.24) is 15.5 Å². The van der Waals surface area contributed by atoms with Crippen molar-refractivity contribution in [3.05, 3.63) is 10.0 Å². The zero-order valence-electron chi connectivity index (χ0n) is 12.3. The number of hydrogen-bond donors (Lipinski definition) is 1. The van der Waals surface area contributed by atoms with Gasteiger partial charge in [0.1, 0.15) is 10.0 Å². The summed E-state index contributed by atoms with van der Waals surface area (Å²) < 4.78 is 0. The van der Waals surface area contributed by atoms with Gasteiger partial charge in [-0.15, -0.1) is 21.5 Å². The Bertz CT molecular complexity index is 356. The molecule has 1 saturated carbocycles. The van der Waals surface area contributed by atoms with Gasteiger partial charge in [-0.1, -0.05) is 46.0 Å². The van der Waals surface area contributed by atoms with Crippen LogP contribution < -0.4 is 5.32 Å². The van der Waals surface area contributed by atoms with Crippen molar-refractivity contribution in [2.75, 3.05) is 6.54 Å². The van der Waals surface area contributed by atoms with Crippen LogP contribution in [0.15, 0.2) is 0 Å². The highest BCUT2D eigenvalue weighted by Gasteiger charge is 2.16. The van der Waals surface area contributed by atoms with E-state index in [-0.39, 0.29) is 0 Å². The molecule has 0 unspecified atom stereocenters. The maximum Gasteiger partial charge on any atom is 0.117 e. The number of aryl methyl sites for hydroxylation is 1. The van der Waals surface area contributed by atoms with Crippen LogP contribution in [0.3, 0.4) is 0 Å². The van der Waals surface area contributed by atoms with Crippen LogP contribution in [-0.4, -0.2) is 22.8 Å². The van der Waals surface area contributed by atoms with Crippen LogP contribution >= 0.6 is 11.3 Å². The SMILES string of the molecule is CC(C)NCCCc1nnc(CC2CCCCC2)s1. The van der Waals surface area contributed by atoms with E-state index in [1.54, 1.807) is 0 Å². The number of hydrogen-bond acceptors (Lipinski definition) is 4. The van der Waals surface area contributed by atoms with Crippen LogP contribution in [-0.2, 0) is 12.8 Å². The number of rotatable bonds is 7. The molecule has 1 N–H and O–H groups in total. The zero-order valence-corrected chi connectivity index (χ0v) is 13.1. The predicted octanol–water partition coefficient (Wildman–Crippen LogP) is 3.59. The Labute approximate surface area is 121 Å². The first-order chi connectivity index (χ1) is 9.24. The third-order valence-electron chi connectivity index (χ3n) is 3.82. The van der Waals surface area contributed by atoms with Crippen LogP contribution in [0.5, 0.6) is 0 Å². The molecule has 0 amide bonds. The Hall–Kier alpha value is -0.480. The molecule has 1 aromatic rings. The molecular weight excluding hydrogens is 254 g/mol. The van der Waals surface area contributed by atoms with Crippen LogP contribution in [0.4, 0.5) is 0 Å². The quantitative estimate of drug-likeness (QED) is 0.776. The van der Waals surface area contributed by atoms with Gasteiger partial charge in [0.2, 0.25) is 0 Å². The summed E-state index contributed by atoms with van der Waals surface area (Å²) in [6.07, 6.45) is 10.5. The summed E-state index contributed by atoms with van der Waals surface area (Å²) in [6.45, 7) is 5.45. The lowest BCUT2D eigenvalue weighted by atomic mass is 9.87. The Morgan fingerprint density at radius 1 is 1.16 bits per heavy atom. The van der Waals surface area contributed by atoms with E-state index in [4.69, 9.17) is 0 Å². The van der Waals surface area contributed by atoms with E-state index in [0.717, 1.165) is 25.3 Å². The van der Waals surface area contributed by atoms with Gasteiger partial charge in [0.25, 0.3) is 0 Å². The lowest BCUT2D eigenvalue weighted by Crippen LogP contribution is -2.23. The van der Waals surface area contributed by atoms with E-state index >= 15 is 0 Å². The summed E-state index contributed by atoms with van der Waals surface area (Å²) in [6, 6.07) is 0.580. The maximum absolute atomic E-state index is 4.37. The van der Waals surface area contributed by atoms with Crippen molar-refractivity contribution in [2.45, 2.75) is 71.3 Å². The minimum Gasteiger partial charge on any atom is -0.315 e. The second-order valence-corrected chi connectivity index (χ2v) is 7.16. The molecule has 0 spiro atoms. The normalized spacial score (nSPS) is 17.2. The minimum atomic E-state index is 0.580. The van der Waals surface area contributed by atoms with E-state index in [1.807, 2.05) is 11.3 Å². The van der Waals surface area contributed by atoms with E-state index in [1.165, 1.54) is 48.5 Å². The molecule has 19 heavy (non-hydrogen) atoms. The molecule has 1 heterocycles. The average Bonchev–Trinajstić information content (AvgIpc) is 2.83. The van der Waals surface area contributed by atoms with Gasteiger partial charge in [-0.2, -0.15) is 0 Å². The van der Waals surface area contributed by atoms with Gasteiger partial charge in [0.05, 0.1) is 0 Å². The summed E-state index contributed by atoms with van der Waals surface area (Å²) >= 11 is 1.84. The third-order valence-corrected chi connectivity index (χ3v) is 4.82. The Kier molecular flexibility index (Phi) is 6.24. The molecule has 0 radical (unpaired) electrons. The Balaban J connectivity index is 1.69. The van der Waals surface area contributed by atoms with Crippen molar-refractivity contribution in [1.29, 1.82) is 0 Å². The molecule has 2 rings (SSSR count). The lowest BCUT2D eigenvalue weighted by Gasteiger charge is -2.19. The van der Waals surface area contributed by atoms with Crippen molar-refractivity contribution < 1.29 is 0 Å². The molecule has 1 aromatic heterocycles. The van der Waals surface area contributed by atoms with Crippen molar-refractivity contribution in [2.24, 2.45) is 5.92 Å². The highest BCUT2D eigenvalue weighted by Crippen LogP contribution is 2.27. The third kappa shape index (κ3) is 5.57. The summed E-state index contributed by atoms with van der Waals surface area (Å²) in [5.41, 5.74) is 0. The summed E-state index contributed by atoms with van der Waals surface area (Å²) in [7, 11) is 0. The van der Waals surface area contributed by atoms with Crippen LogP contribution in [0.2, 0.25) is 0 Å². The summed E-state index contributed by atoms with van der Waals surface area (Å²) in [5, 5.41) is 14.6.